The summed E-state index contributed by atoms with van der Waals surface area (Å²) in [5, 5.41) is 19.2. The maximum absolute atomic E-state index is 11.8. The lowest BCUT2D eigenvalue weighted by Crippen LogP contribution is -2.23. The number of aliphatic hydroxyl groups is 1. The van der Waals surface area contributed by atoms with Gasteiger partial charge in [-0.25, -0.2) is 4.98 Å². The van der Waals surface area contributed by atoms with Crippen molar-refractivity contribution in [2.75, 3.05) is 36.2 Å². The Kier molecular flexibility index (Phi) is 6.22. The molecular weight excluding hydrogens is 412 g/mol. The van der Waals surface area contributed by atoms with Crippen LogP contribution >= 0.6 is 0 Å². The maximum atomic E-state index is 11.8. The highest BCUT2D eigenvalue weighted by molar-refractivity contribution is 5.97. The number of nitrogens with one attached hydrogen (secondary N) is 3. The number of β-amino-alcohol motifs (C(OH)–C–C–N with tert-alkyl or cyclic N) is 1. The number of ether oxygens (including phenoxy) is 2. The number of hydrogen-bond donors (Lipinski definition) is 5. The molecule has 1 atom stereocenters. The first-order valence-corrected chi connectivity index (χ1v) is 10.0. The Balaban J connectivity index is 1.51. The molecule has 3 aromatic rings. The zero-order valence-corrected chi connectivity index (χ0v) is 17.5. The zero-order chi connectivity index (χ0) is 22.5. The van der Waals surface area contributed by atoms with E-state index in [4.69, 9.17) is 15.2 Å². The van der Waals surface area contributed by atoms with Gasteiger partial charge < -0.3 is 36.3 Å². The number of carbonyl (C=O) groups excluding carboxylic acids is 1. The number of aliphatic hydroxyl groups excluding tert-OH is 1. The summed E-state index contributed by atoms with van der Waals surface area (Å²) in [6.45, 7) is 1.05. The number of carbonyl (C=O) groups is 1. The Hall–Kier alpha value is -4.05. The van der Waals surface area contributed by atoms with Gasteiger partial charge in [-0.1, -0.05) is 12.1 Å². The molecule has 32 heavy (non-hydrogen) atoms. The Bertz CT molecular complexity index is 1110. The number of nitrogens with two attached hydrogens (primary N) is 1. The van der Waals surface area contributed by atoms with Crippen molar-refractivity contribution in [1.82, 2.24) is 9.97 Å². The molecule has 0 fully saturated rings. The van der Waals surface area contributed by atoms with Gasteiger partial charge in [-0.05, 0) is 35.9 Å². The standard InChI is InChI=1S/C22H24N6O4/c1-31-16-5-2-13(3-6-16)9-25-21-17(20(23)30)11-26-22(28-21)27-14-4-7-19-18(8-14)24-10-15(29)12-32-19/h2-8,11,15,24,29H,9-10,12H2,1H3,(H2,23,30)(H2,25,26,27,28). The molecule has 0 saturated heterocycles. The van der Waals surface area contributed by atoms with Crippen molar-refractivity contribution in [2.45, 2.75) is 12.6 Å². The fourth-order valence-electron chi connectivity index (χ4n) is 3.16. The number of nitrogens with zero attached hydrogens (tertiary/aromatic N) is 2. The van der Waals surface area contributed by atoms with Gasteiger partial charge in [0.15, 0.2) is 0 Å². The van der Waals surface area contributed by atoms with E-state index in [0.717, 1.165) is 17.0 Å². The zero-order valence-electron chi connectivity index (χ0n) is 17.5. The van der Waals surface area contributed by atoms with Crippen LogP contribution in [0.3, 0.4) is 0 Å². The van der Waals surface area contributed by atoms with Gasteiger partial charge in [-0.15, -0.1) is 0 Å². The Labute approximate surface area is 184 Å². The van der Waals surface area contributed by atoms with E-state index in [-0.39, 0.29) is 12.2 Å². The molecule has 4 rings (SSSR count). The minimum Gasteiger partial charge on any atom is -0.497 e. The molecule has 1 aromatic heterocycles. The highest BCUT2D eigenvalue weighted by Gasteiger charge is 2.16. The van der Waals surface area contributed by atoms with Crippen LogP contribution in [0.4, 0.5) is 23.1 Å². The van der Waals surface area contributed by atoms with E-state index in [1.807, 2.05) is 36.4 Å². The van der Waals surface area contributed by atoms with Crippen LogP contribution in [0.25, 0.3) is 0 Å². The van der Waals surface area contributed by atoms with E-state index in [2.05, 4.69) is 25.9 Å². The second-order valence-corrected chi connectivity index (χ2v) is 7.20. The van der Waals surface area contributed by atoms with Crippen LogP contribution in [0.15, 0.2) is 48.7 Å². The van der Waals surface area contributed by atoms with Crippen LogP contribution in [-0.2, 0) is 6.54 Å². The predicted molar refractivity (Wildman–Crippen MR) is 121 cm³/mol. The predicted octanol–water partition coefficient (Wildman–Crippen LogP) is 2.10. The lowest BCUT2D eigenvalue weighted by Gasteiger charge is -2.13. The Morgan fingerprint density at radius 3 is 2.88 bits per heavy atom. The van der Waals surface area contributed by atoms with Crippen LogP contribution < -0.4 is 31.2 Å². The minimum atomic E-state index is -0.626. The molecule has 2 aromatic carbocycles. The fourth-order valence-corrected chi connectivity index (χ4v) is 3.16. The molecule has 10 nitrogen and oxygen atoms in total. The quantitative estimate of drug-likeness (QED) is 0.376. The number of fused-ring (bicyclic) bond motifs is 1. The van der Waals surface area contributed by atoms with Crippen molar-refractivity contribution >= 4 is 29.0 Å². The van der Waals surface area contributed by atoms with E-state index in [1.54, 1.807) is 13.2 Å². The normalized spacial score (nSPS) is 14.9. The number of rotatable bonds is 7. The molecule has 166 valence electrons. The van der Waals surface area contributed by atoms with E-state index in [1.165, 1.54) is 6.20 Å². The topological polar surface area (TPSA) is 144 Å². The van der Waals surface area contributed by atoms with E-state index < -0.39 is 12.0 Å². The first-order chi connectivity index (χ1) is 15.5. The third-order valence-electron chi connectivity index (χ3n) is 4.87. The van der Waals surface area contributed by atoms with Gasteiger partial charge in [0.25, 0.3) is 5.91 Å². The van der Waals surface area contributed by atoms with Gasteiger partial charge in [0.2, 0.25) is 5.95 Å². The van der Waals surface area contributed by atoms with E-state index >= 15 is 0 Å². The molecule has 2 heterocycles. The van der Waals surface area contributed by atoms with Crippen molar-refractivity contribution in [2.24, 2.45) is 5.73 Å². The average molecular weight is 436 g/mol. The van der Waals surface area contributed by atoms with Crippen molar-refractivity contribution < 1.29 is 19.4 Å². The van der Waals surface area contributed by atoms with Gasteiger partial charge in [0.05, 0.1) is 18.4 Å². The van der Waals surface area contributed by atoms with Crippen molar-refractivity contribution in [3.8, 4) is 11.5 Å². The molecule has 6 N–H and O–H groups in total. The first kappa shape index (κ1) is 21.2. The molecule has 1 amide bonds. The average Bonchev–Trinajstić information content (AvgIpc) is 2.99. The van der Waals surface area contributed by atoms with Gasteiger partial charge in [-0.3, -0.25) is 4.79 Å². The van der Waals surface area contributed by atoms with Crippen LogP contribution in [-0.4, -0.2) is 47.3 Å². The molecule has 1 unspecified atom stereocenters. The summed E-state index contributed by atoms with van der Waals surface area (Å²) >= 11 is 0. The molecule has 0 bridgehead atoms. The number of benzene rings is 2. The number of aromatic nitrogens is 2. The SMILES string of the molecule is COc1ccc(CNc2nc(Nc3ccc4c(c3)NCC(O)CO4)ncc2C(N)=O)cc1. The number of hydrogen-bond acceptors (Lipinski definition) is 9. The van der Waals surface area contributed by atoms with Crippen LogP contribution in [0.5, 0.6) is 11.5 Å². The monoisotopic (exact) mass is 436 g/mol. The molecular formula is C22H24N6O4. The summed E-state index contributed by atoms with van der Waals surface area (Å²) < 4.78 is 10.7. The summed E-state index contributed by atoms with van der Waals surface area (Å²) in [6, 6.07) is 13.0. The molecule has 0 spiro atoms. The van der Waals surface area contributed by atoms with Crippen molar-refractivity contribution in [1.29, 1.82) is 0 Å². The van der Waals surface area contributed by atoms with Crippen LogP contribution in [0, 0.1) is 0 Å². The summed E-state index contributed by atoms with van der Waals surface area (Å²) in [6.07, 6.45) is 0.803. The minimum absolute atomic E-state index is 0.190. The third-order valence-corrected chi connectivity index (χ3v) is 4.87. The molecule has 1 aliphatic rings. The fraction of sp³-hybridized carbons (Fsp3) is 0.227. The lowest BCUT2D eigenvalue weighted by molar-refractivity contribution is 0.100. The maximum Gasteiger partial charge on any atom is 0.254 e. The van der Waals surface area contributed by atoms with Gasteiger partial charge in [-0.2, -0.15) is 4.98 Å². The molecule has 1 aliphatic heterocycles. The number of primary amides is 1. The molecule has 0 aliphatic carbocycles. The van der Waals surface area contributed by atoms with E-state index in [9.17, 15) is 9.90 Å². The Morgan fingerprint density at radius 1 is 1.31 bits per heavy atom. The molecule has 10 heteroatoms. The summed E-state index contributed by atoms with van der Waals surface area (Å²) in [5.41, 5.74) is 8.12. The summed E-state index contributed by atoms with van der Waals surface area (Å²) in [5.74, 6) is 1.40. The molecule has 0 radical (unpaired) electrons. The largest absolute Gasteiger partial charge is 0.497 e. The highest BCUT2D eigenvalue weighted by atomic mass is 16.5. The number of amides is 1. The smallest absolute Gasteiger partial charge is 0.254 e. The van der Waals surface area contributed by atoms with E-state index in [0.29, 0.717) is 36.3 Å². The van der Waals surface area contributed by atoms with Gasteiger partial charge in [0.1, 0.15) is 30.0 Å². The van der Waals surface area contributed by atoms with Crippen LogP contribution in [0.2, 0.25) is 0 Å². The third kappa shape index (κ3) is 4.98. The second-order valence-electron chi connectivity index (χ2n) is 7.20. The van der Waals surface area contributed by atoms with Crippen molar-refractivity contribution in [3.63, 3.8) is 0 Å². The number of methoxy groups -OCH3 is 1. The first-order valence-electron chi connectivity index (χ1n) is 10.0. The second kappa shape index (κ2) is 9.40. The van der Waals surface area contributed by atoms with Crippen LogP contribution in [0.1, 0.15) is 15.9 Å². The van der Waals surface area contributed by atoms with Gasteiger partial charge >= 0.3 is 0 Å². The Morgan fingerprint density at radius 2 is 2.12 bits per heavy atom. The van der Waals surface area contributed by atoms with Gasteiger partial charge in [0, 0.05) is 25.0 Å². The van der Waals surface area contributed by atoms with Crippen molar-refractivity contribution in [3.05, 3.63) is 59.8 Å². The lowest BCUT2D eigenvalue weighted by atomic mass is 10.2. The summed E-state index contributed by atoms with van der Waals surface area (Å²) in [4.78, 5) is 20.5. The summed E-state index contributed by atoms with van der Waals surface area (Å²) in [7, 11) is 1.61. The molecule has 0 saturated carbocycles. The highest BCUT2D eigenvalue weighted by Crippen LogP contribution is 2.31. The number of anilines is 4.